The standard InChI is InChI=1S/C16H24N2O2/c1-12-4-5-13(2)14(10-12)18-15(19)16(11-20-3)6-8-17-9-7-16/h4-5,10,17H,6-9,11H2,1-3H3,(H,18,19). The van der Waals surface area contributed by atoms with Gasteiger partial charge in [-0.1, -0.05) is 12.1 Å². The number of aryl methyl sites for hydroxylation is 2. The van der Waals surface area contributed by atoms with E-state index in [9.17, 15) is 4.79 Å². The normalized spacial score (nSPS) is 17.8. The van der Waals surface area contributed by atoms with E-state index in [1.54, 1.807) is 7.11 Å². The topological polar surface area (TPSA) is 50.4 Å². The van der Waals surface area contributed by atoms with Crippen LogP contribution in [0.25, 0.3) is 0 Å². The number of hydrogen-bond acceptors (Lipinski definition) is 3. The van der Waals surface area contributed by atoms with Gasteiger partial charge in [-0.2, -0.15) is 0 Å². The largest absolute Gasteiger partial charge is 0.384 e. The van der Waals surface area contributed by atoms with Crippen molar-refractivity contribution in [2.75, 3.05) is 32.1 Å². The number of carbonyl (C=O) groups is 1. The van der Waals surface area contributed by atoms with Gasteiger partial charge in [0, 0.05) is 12.8 Å². The van der Waals surface area contributed by atoms with Gasteiger partial charge in [-0.15, -0.1) is 0 Å². The Balaban J connectivity index is 2.18. The summed E-state index contributed by atoms with van der Waals surface area (Å²) in [6.45, 7) is 6.25. The number of benzene rings is 1. The average Bonchev–Trinajstić information content (AvgIpc) is 2.44. The van der Waals surface area contributed by atoms with Gasteiger partial charge in [-0.05, 0) is 57.0 Å². The first-order chi connectivity index (χ1) is 9.57. The molecule has 0 bridgehead atoms. The molecule has 0 radical (unpaired) electrons. The van der Waals surface area contributed by atoms with E-state index in [1.807, 2.05) is 26.0 Å². The Hall–Kier alpha value is -1.39. The molecule has 0 spiro atoms. The molecule has 110 valence electrons. The van der Waals surface area contributed by atoms with Gasteiger partial charge in [-0.25, -0.2) is 0 Å². The third-order valence-electron chi connectivity index (χ3n) is 4.10. The lowest BCUT2D eigenvalue weighted by atomic mass is 9.78. The fraction of sp³-hybridized carbons (Fsp3) is 0.562. The summed E-state index contributed by atoms with van der Waals surface area (Å²) in [5.74, 6) is 0.0783. The van der Waals surface area contributed by atoms with Crippen LogP contribution in [0.1, 0.15) is 24.0 Å². The lowest BCUT2D eigenvalue weighted by Crippen LogP contribution is -2.47. The predicted octanol–water partition coefficient (Wildman–Crippen LogP) is 2.26. The Morgan fingerprint density at radius 1 is 1.35 bits per heavy atom. The molecule has 4 nitrogen and oxygen atoms in total. The third kappa shape index (κ3) is 3.19. The Morgan fingerprint density at radius 3 is 2.70 bits per heavy atom. The summed E-state index contributed by atoms with van der Waals surface area (Å²) < 4.78 is 5.31. The molecule has 1 aromatic carbocycles. The molecular formula is C16H24N2O2. The zero-order valence-corrected chi connectivity index (χ0v) is 12.6. The van der Waals surface area contributed by atoms with Crippen LogP contribution in [0.2, 0.25) is 0 Å². The molecule has 1 aliphatic rings. The zero-order valence-electron chi connectivity index (χ0n) is 12.6. The van der Waals surface area contributed by atoms with Crippen molar-refractivity contribution in [3.8, 4) is 0 Å². The quantitative estimate of drug-likeness (QED) is 0.887. The van der Waals surface area contributed by atoms with Crippen molar-refractivity contribution in [1.82, 2.24) is 5.32 Å². The van der Waals surface area contributed by atoms with Crippen LogP contribution < -0.4 is 10.6 Å². The summed E-state index contributed by atoms with van der Waals surface area (Å²) in [5.41, 5.74) is 2.74. The third-order valence-corrected chi connectivity index (χ3v) is 4.10. The Kier molecular flexibility index (Phi) is 4.78. The smallest absolute Gasteiger partial charge is 0.233 e. The van der Waals surface area contributed by atoms with Gasteiger partial charge in [0.1, 0.15) is 0 Å². The zero-order chi connectivity index (χ0) is 14.6. The molecular weight excluding hydrogens is 252 g/mol. The van der Waals surface area contributed by atoms with Crippen LogP contribution in [0.15, 0.2) is 18.2 Å². The lowest BCUT2D eigenvalue weighted by Gasteiger charge is -2.35. The van der Waals surface area contributed by atoms with Gasteiger partial charge < -0.3 is 15.4 Å². The summed E-state index contributed by atoms with van der Waals surface area (Å²) in [6.07, 6.45) is 1.63. The van der Waals surface area contributed by atoms with Gasteiger partial charge in [0.05, 0.1) is 12.0 Å². The number of amides is 1. The van der Waals surface area contributed by atoms with Crippen molar-refractivity contribution in [2.24, 2.45) is 5.41 Å². The van der Waals surface area contributed by atoms with Crippen LogP contribution in [-0.2, 0) is 9.53 Å². The first-order valence-corrected chi connectivity index (χ1v) is 7.16. The number of anilines is 1. The van der Waals surface area contributed by atoms with E-state index in [2.05, 4.69) is 16.7 Å². The number of rotatable bonds is 4. The second kappa shape index (κ2) is 6.37. The van der Waals surface area contributed by atoms with Crippen LogP contribution in [-0.4, -0.2) is 32.7 Å². The first kappa shape index (κ1) is 15.0. The number of piperidine rings is 1. The number of ether oxygens (including phenoxy) is 1. The van der Waals surface area contributed by atoms with Crippen molar-refractivity contribution >= 4 is 11.6 Å². The maximum absolute atomic E-state index is 12.7. The number of carbonyl (C=O) groups excluding carboxylic acids is 1. The minimum absolute atomic E-state index is 0.0783. The Labute approximate surface area is 120 Å². The van der Waals surface area contributed by atoms with E-state index in [-0.39, 0.29) is 5.91 Å². The number of nitrogens with one attached hydrogen (secondary N) is 2. The highest BCUT2D eigenvalue weighted by atomic mass is 16.5. The van der Waals surface area contributed by atoms with Crippen LogP contribution in [0.4, 0.5) is 5.69 Å². The summed E-state index contributed by atoms with van der Waals surface area (Å²) >= 11 is 0. The molecule has 1 saturated heterocycles. The second-order valence-electron chi connectivity index (χ2n) is 5.74. The van der Waals surface area contributed by atoms with Crippen molar-refractivity contribution in [1.29, 1.82) is 0 Å². The van der Waals surface area contributed by atoms with Crippen molar-refractivity contribution in [3.63, 3.8) is 0 Å². The molecule has 1 heterocycles. The molecule has 0 aliphatic carbocycles. The summed E-state index contributed by atoms with van der Waals surface area (Å²) in [5, 5.41) is 6.40. The van der Waals surface area contributed by atoms with E-state index in [1.165, 1.54) is 0 Å². The van der Waals surface area contributed by atoms with E-state index >= 15 is 0 Å². The molecule has 20 heavy (non-hydrogen) atoms. The minimum atomic E-state index is -0.407. The van der Waals surface area contributed by atoms with Crippen LogP contribution in [0.5, 0.6) is 0 Å². The molecule has 1 amide bonds. The van der Waals surface area contributed by atoms with E-state index in [0.717, 1.165) is 42.7 Å². The van der Waals surface area contributed by atoms with Crippen LogP contribution >= 0.6 is 0 Å². The van der Waals surface area contributed by atoms with Crippen LogP contribution in [0, 0.1) is 19.3 Å². The van der Waals surface area contributed by atoms with Gasteiger partial charge in [0.25, 0.3) is 0 Å². The molecule has 0 saturated carbocycles. The van der Waals surface area contributed by atoms with Gasteiger partial charge in [0.2, 0.25) is 5.91 Å². The van der Waals surface area contributed by atoms with Crippen molar-refractivity contribution in [3.05, 3.63) is 29.3 Å². The molecule has 0 aromatic heterocycles. The Morgan fingerprint density at radius 2 is 2.05 bits per heavy atom. The van der Waals surface area contributed by atoms with Gasteiger partial charge in [0.15, 0.2) is 0 Å². The molecule has 1 aromatic rings. The molecule has 0 atom stereocenters. The average molecular weight is 276 g/mol. The molecule has 1 fully saturated rings. The molecule has 2 rings (SSSR count). The van der Waals surface area contributed by atoms with Crippen LogP contribution in [0.3, 0.4) is 0 Å². The number of hydrogen-bond donors (Lipinski definition) is 2. The molecule has 4 heteroatoms. The molecule has 0 unspecified atom stereocenters. The molecule has 2 N–H and O–H groups in total. The SMILES string of the molecule is COCC1(C(=O)Nc2cc(C)ccc2C)CCNCC1. The monoisotopic (exact) mass is 276 g/mol. The summed E-state index contributed by atoms with van der Waals surface area (Å²) in [7, 11) is 1.66. The number of methoxy groups -OCH3 is 1. The highest BCUT2D eigenvalue weighted by Gasteiger charge is 2.39. The van der Waals surface area contributed by atoms with Crippen molar-refractivity contribution < 1.29 is 9.53 Å². The summed E-state index contributed by atoms with van der Waals surface area (Å²) in [6, 6.07) is 6.12. The second-order valence-corrected chi connectivity index (χ2v) is 5.74. The Bertz CT molecular complexity index is 474. The van der Waals surface area contributed by atoms with Gasteiger partial charge in [-0.3, -0.25) is 4.79 Å². The van der Waals surface area contributed by atoms with Crippen molar-refractivity contribution in [2.45, 2.75) is 26.7 Å². The highest BCUT2D eigenvalue weighted by molar-refractivity contribution is 5.96. The highest BCUT2D eigenvalue weighted by Crippen LogP contribution is 2.31. The maximum atomic E-state index is 12.7. The lowest BCUT2D eigenvalue weighted by molar-refractivity contribution is -0.130. The fourth-order valence-electron chi connectivity index (χ4n) is 2.74. The van der Waals surface area contributed by atoms with Gasteiger partial charge >= 0.3 is 0 Å². The predicted molar refractivity (Wildman–Crippen MR) is 81.0 cm³/mol. The fourth-order valence-corrected chi connectivity index (χ4v) is 2.74. The molecule has 1 aliphatic heterocycles. The van der Waals surface area contributed by atoms with E-state index < -0.39 is 5.41 Å². The minimum Gasteiger partial charge on any atom is -0.384 e. The van der Waals surface area contributed by atoms with E-state index in [4.69, 9.17) is 4.74 Å². The first-order valence-electron chi connectivity index (χ1n) is 7.16. The van der Waals surface area contributed by atoms with E-state index in [0.29, 0.717) is 6.61 Å². The summed E-state index contributed by atoms with van der Waals surface area (Å²) in [4.78, 5) is 12.7. The maximum Gasteiger partial charge on any atom is 0.233 e.